The zero-order valence-corrected chi connectivity index (χ0v) is 10.9. The molecular formula is C12H13NO4S. The van der Waals surface area contributed by atoms with Gasteiger partial charge in [-0.2, -0.15) is 0 Å². The molecule has 6 heteroatoms. The van der Waals surface area contributed by atoms with Gasteiger partial charge < -0.3 is 14.7 Å². The molecule has 0 radical (unpaired) electrons. The molecule has 1 aliphatic heterocycles. The summed E-state index contributed by atoms with van der Waals surface area (Å²) >= 11 is 1.37. The summed E-state index contributed by atoms with van der Waals surface area (Å²) in [5.74, 6) is -0.295. The first-order valence-electron chi connectivity index (χ1n) is 5.36. The van der Waals surface area contributed by atoms with Crippen molar-refractivity contribution in [2.24, 2.45) is 5.16 Å². The minimum atomic E-state index is -0.954. The molecule has 0 spiro atoms. The quantitative estimate of drug-likeness (QED) is 0.672. The minimum Gasteiger partial charge on any atom is -0.492 e. The number of rotatable bonds is 3. The Morgan fingerprint density at radius 2 is 2.33 bits per heavy atom. The monoisotopic (exact) mass is 267 g/mol. The van der Waals surface area contributed by atoms with Crippen LogP contribution < -0.4 is 4.74 Å². The fourth-order valence-electron chi connectivity index (χ4n) is 1.92. The first-order valence-corrected chi connectivity index (χ1v) is 6.59. The van der Waals surface area contributed by atoms with Crippen LogP contribution in [0.3, 0.4) is 0 Å². The van der Waals surface area contributed by atoms with Crippen LogP contribution in [0.25, 0.3) is 0 Å². The third-order valence-corrected chi connectivity index (χ3v) is 3.47. The van der Waals surface area contributed by atoms with E-state index in [1.165, 1.54) is 18.9 Å². The number of carboxylic acids is 1. The molecule has 5 nitrogen and oxygen atoms in total. The molecule has 96 valence electrons. The van der Waals surface area contributed by atoms with E-state index in [-0.39, 0.29) is 5.56 Å². The number of fused-ring (bicyclic) bond motifs is 1. The van der Waals surface area contributed by atoms with E-state index in [1.807, 2.05) is 6.26 Å². The van der Waals surface area contributed by atoms with Crippen LogP contribution in [0.15, 0.2) is 22.2 Å². The molecule has 0 saturated heterocycles. The number of oxime groups is 1. The average molecular weight is 267 g/mol. The van der Waals surface area contributed by atoms with E-state index in [2.05, 4.69) is 5.16 Å². The molecule has 2 rings (SSSR count). The predicted molar refractivity (Wildman–Crippen MR) is 68.8 cm³/mol. The van der Waals surface area contributed by atoms with Crippen molar-refractivity contribution in [3.8, 4) is 5.75 Å². The third-order valence-electron chi connectivity index (χ3n) is 2.64. The molecule has 1 aliphatic rings. The highest BCUT2D eigenvalue weighted by atomic mass is 32.2. The molecule has 1 heterocycles. The van der Waals surface area contributed by atoms with Crippen molar-refractivity contribution >= 4 is 23.4 Å². The van der Waals surface area contributed by atoms with Gasteiger partial charge in [-0.3, -0.25) is 0 Å². The van der Waals surface area contributed by atoms with Gasteiger partial charge in [-0.05, 0) is 18.4 Å². The highest BCUT2D eigenvalue weighted by molar-refractivity contribution is 7.98. The molecule has 18 heavy (non-hydrogen) atoms. The molecule has 0 aliphatic carbocycles. The van der Waals surface area contributed by atoms with Crippen LogP contribution in [0.5, 0.6) is 5.75 Å². The van der Waals surface area contributed by atoms with E-state index in [0.717, 1.165) is 11.3 Å². The van der Waals surface area contributed by atoms with Crippen LogP contribution in [0.2, 0.25) is 0 Å². The Morgan fingerprint density at radius 3 is 2.94 bits per heavy atom. The largest absolute Gasteiger partial charge is 0.492 e. The van der Waals surface area contributed by atoms with Gasteiger partial charge in [-0.1, -0.05) is 5.16 Å². The van der Waals surface area contributed by atoms with E-state index in [0.29, 0.717) is 23.7 Å². The Hall–Kier alpha value is -1.69. The van der Waals surface area contributed by atoms with Crippen molar-refractivity contribution in [3.05, 3.63) is 23.3 Å². The fraction of sp³-hybridized carbons (Fsp3) is 0.333. The number of hydrogen-bond donors (Lipinski definition) is 1. The van der Waals surface area contributed by atoms with Gasteiger partial charge in [-0.25, -0.2) is 4.79 Å². The first kappa shape index (κ1) is 12.8. The summed E-state index contributed by atoms with van der Waals surface area (Å²) in [5, 5.41) is 13.2. The maximum absolute atomic E-state index is 11.2. The summed E-state index contributed by atoms with van der Waals surface area (Å²) in [7, 11) is 1.47. The van der Waals surface area contributed by atoms with Crippen LogP contribution >= 0.6 is 11.8 Å². The Bertz CT molecular complexity index is 513. The molecule has 1 aromatic carbocycles. The zero-order valence-electron chi connectivity index (χ0n) is 10.1. The normalized spacial score (nSPS) is 16.0. The maximum Gasteiger partial charge on any atom is 0.336 e. The van der Waals surface area contributed by atoms with Crippen LogP contribution in [0, 0.1) is 0 Å². The predicted octanol–water partition coefficient (Wildman–Crippen LogP) is 2.24. The topological polar surface area (TPSA) is 68.1 Å². The summed E-state index contributed by atoms with van der Waals surface area (Å²) < 4.78 is 5.53. The molecule has 0 aromatic heterocycles. The molecule has 1 N–H and O–H groups in total. The first-order chi connectivity index (χ1) is 8.69. The standard InChI is InChI=1S/C12H13NO4S/c1-16-13-8-5-6-17-9-4-3-7(12(14)15)11(18-2)10(8)9/h3-4H,5-6H2,1-2H3,(H,14,15). The minimum absolute atomic E-state index is 0.260. The molecule has 0 bridgehead atoms. The van der Waals surface area contributed by atoms with Gasteiger partial charge in [0.1, 0.15) is 12.9 Å². The van der Waals surface area contributed by atoms with Crippen molar-refractivity contribution in [2.45, 2.75) is 11.3 Å². The van der Waals surface area contributed by atoms with Gasteiger partial charge in [0.15, 0.2) is 0 Å². The molecule has 1 aromatic rings. The molecule has 0 amide bonds. The van der Waals surface area contributed by atoms with Gasteiger partial charge in [0.2, 0.25) is 0 Å². The highest BCUT2D eigenvalue weighted by Gasteiger charge is 2.25. The second kappa shape index (κ2) is 5.30. The Morgan fingerprint density at radius 1 is 1.56 bits per heavy atom. The lowest BCUT2D eigenvalue weighted by Crippen LogP contribution is -2.19. The van der Waals surface area contributed by atoms with Crippen LogP contribution in [0.1, 0.15) is 22.3 Å². The van der Waals surface area contributed by atoms with Crippen LogP contribution in [-0.4, -0.2) is 36.8 Å². The van der Waals surface area contributed by atoms with E-state index >= 15 is 0 Å². The van der Waals surface area contributed by atoms with Crippen molar-refractivity contribution in [1.29, 1.82) is 0 Å². The van der Waals surface area contributed by atoms with Gasteiger partial charge in [-0.15, -0.1) is 11.8 Å². The summed E-state index contributed by atoms with van der Waals surface area (Å²) in [6, 6.07) is 3.23. The summed E-state index contributed by atoms with van der Waals surface area (Å²) in [5.41, 5.74) is 1.72. The number of thioether (sulfide) groups is 1. The number of ether oxygens (including phenoxy) is 1. The number of benzene rings is 1. The van der Waals surface area contributed by atoms with Gasteiger partial charge in [0.05, 0.1) is 23.4 Å². The summed E-state index contributed by atoms with van der Waals surface area (Å²) in [4.78, 5) is 16.7. The smallest absolute Gasteiger partial charge is 0.336 e. The average Bonchev–Trinajstić information content (AvgIpc) is 2.37. The molecular weight excluding hydrogens is 254 g/mol. The second-order valence-electron chi connectivity index (χ2n) is 3.64. The Kier molecular flexibility index (Phi) is 3.76. The van der Waals surface area contributed by atoms with Crippen molar-refractivity contribution in [2.75, 3.05) is 20.0 Å². The third kappa shape index (κ3) is 2.15. The molecule has 0 fully saturated rings. The van der Waals surface area contributed by atoms with Crippen molar-refractivity contribution < 1.29 is 19.5 Å². The molecule has 0 unspecified atom stereocenters. The van der Waals surface area contributed by atoms with Crippen LogP contribution in [0.4, 0.5) is 0 Å². The lowest BCUT2D eigenvalue weighted by atomic mass is 10.0. The van der Waals surface area contributed by atoms with Gasteiger partial charge >= 0.3 is 5.97 Å². The van der Waals surface area contributed by atoms with Crippen molar-refractivity contribution in [1.82, 2.24) is 0 Å². The SMILES string of the molecule is CON=C1CCOc2ccc(C(=O)O)c(SC)c21. The van der Waals surface area contributed by atoms with E-state index in [9.17, 15) is 9.90 Å². The summed E-state index contributed by atoms with van der Waals surface area (Å²) in [6.45, 7) is 0.523. The Balaban J connectivity index is 2.66. The zero-order chi connectivity index (χ0) is 13.1. The Labute approximate surface area is 109 Å². The van der Waals surface area contributed by atoms with Gasteiger partial charge in [0.25, 0.3) is 0 Å². The van der Waals surface area contributed by atoms with Gasteiger partial charge in [0, 0.05) is 11.3 Å². The lowest BCUT2D eigenvalue weighted by molar-refractivity contribution is 0.0693. The van der Waals surface area contributed by atoms with E-state index < -0.39 is 5.97 Å². The van der Waals surface area contributed by atoms with E-state index in [1.54, 1.807) is 12.1 Å². The maximum atomic E-state index is 11.2. The summed E-state index contributed by atoms with van der Waals surface area (Å²) in [6.07, 6.45) is 2.44. The number of hydrogen-bond acceptors (Lipinski definition) is 5. The second-order valence-corrected chi connectivity index (χ2v) is 4.46. The lowest BCUT2D eigenvalue weighted by Gasteiger charge is -2.21. The molecule has 0 atom stereocenters. The number of aromatic carboxylic acids is 1. The fourth-order valence-corrected chi connectivity index (χ4v) is 2.72. The van der Waals surface area contributed by atoms with Crippen LogP contribution in [-0.2, 0) is 4.84 Å². The van der Waals surface area contributed by atoms with E-state index in [4.69, 9.17) is 9.57 Å². The number of carbonyl (C=O) groups is 1. The number of nitrogens with zero attached hydrogens (tertiary/aromatic N) is 1. The molecule has 0 saturated carbocycles. The van der Waals surface area contributed by atoms with Crippen molar-refractivity contribution in [3.63, 3.8) is 0 Å². The number of carboxylic acid groups (broad SMARTS) is 1. The highest BCUT2D eigenvalue weighted by Crippen LogP contribution is 2.36.